The number of halogens is 2. The van der Waals surface area contributed by atoms with Gasteiger partial charge < -0.3 is 0 Å². The van der Waals surface area contributed by atoms with Crippen LogP contribution in [-0.2, 0) is 11.8 Å². The molecule has 0 bridgehead atoms. The molecule has 160 valence electrons. The average molecular weight is 443 g/mol. The van der Waals surface area contributed by atoms with E-state index in [1.54, 1.807) is 0 Å². The Morgan fingerprint density at radius 2 is 1.67 bits per heavy atom. The molecule has 2 nitrogen and oxygen atoms in total. The fourth-order valence-corrected chi connectivity index (χ4v) is 5.46. The number of nitrogens with zero attached hydrogens (tertiary/aromatic N) is 2. The van der Waals surface area contributed by atoms with Crippen molar-refractivity contribution in [2.75, 3.05) is 6.54 Å². The van der Waals surface area contributed by atoms with Crippen LogP contribution < -0.4 is 0 Å². The largest absolute Gasteiger partial charge is 0.298 e. The summed E-state index contributed by atoms with van der Waals surface area (Å²) in [7, 11) is 0. The minimum atomic E-state index is -0.592. The maximum Gasteiger partial charge on any atom is 0.0879 e. The highest BCUT2D eigenvalue weighted by Crippen LogP contribution is 2.53. The van der Waals surface area contributed by atoms with Gasteiger partial charge in [-0.1, -0.05) is 59.6 Å². The molecule has 1 aliphatic carbocycles. The van der Waals surface area contributed by atoms with Gasteiger partial charge in [-0.2, -0.15) is 5.26 Å². The molecule has 0 aliphatic heterocycles. The third-order valence-corrected chi connectivity index (χ3v) is 7.20. The monoisotopic (exact) mass is 442 g/mol. The number of hydrogen-bond donors (Lipinski definition) is 0. The predicted octanol–water partition coefficient (Wildman–Crippen LogP) is 7.29. The van der Waals surface area contributed by atoms with Crippen molar-refractivity contribution in [3.63, 3.8) is 0 Å². The number of hydrogen-bond acceptors (Lipinski definition) is 2. The molecule has 2 aromatic rings. The molecule has 2 unspecified atom stereocenters. The zero-order valence-corrected chi connectivity index (χ0v) is 19.8. The van der Waals surface area contributed by atoms with Crippen LogP contribution >= 0.6 is 23.2 Å². The number of benzene rings is 2. The van der Waals surface area contributed by atoms with E-state index < -0.39 is 5.41 Å². The lowest BCUT2D eigenvalue weighted by Crippen LogP contribution is -2.41. The van der Waals surface area contributed by atoms with Gasteiger partial charge in [-0.3, -0.25) is 4.90 Å². The van der Waals surface area contributed by atoms with Gasteiger partial charge in [0.2, 0.25) is 0 Å². The van der Waals surface area contributed by atoms with Crippen LogP contribution in [0.2, 0.25) is 10.0 Å². The lowest BCUT2D eigenvalue weighted by atomic mass is 9.73. The smallest absolute Gasteiger partial charge is 0.0879 e. The Hall–Kier alpha value is -1.53. The zero-order chi connectivity index (χ0) is 21.7. The van der Waals surface area contributed by atoms with Gasteiger partial charge in [-0.25, -0.2) is 0 Å². The Labute approximate surface area is 191 Å². The van der Waals surface area contributed by atoms with Gasteiger partial charge >= 0.3 is 0 Å². The Morgan fingerprint density at radius 3 is 2.20 bits per heavy atom. The highest BCUT2D eigenvalue weighted by molar-refractivity contribution is 6.36. The van der Waals surface area contributed by atoms with E-state index in [9.17, 15) is 5.26 Å². The van der Waals surface area contributed by atoms with Crippen LogP contribution in [0.15, 0.2) is 48.5 Å². The lowest BCUT2D eigenvalue weighted by molar-refractivity contribution is 0.150. The van der Waals surface area contributed by atoms with E-state index in [0.29, 0.717) is 28.0 Å². The molecule has 0 amide bonds. The van der Waals surface area contributed by atoms with E-state index in [4.69, 9.17) is 23.2 Å². The molecule has 30 heavy (non-hydrogen) atoms. The molecule has 0 radical (unpaired) electrons. The summed E-state index contributed by atoms with van der Waals surface area (Å²) in [5, 5.41) is 11.6. The van der Waals surface area contributed by atoms with Crippen LogP contribution in [-0.4, -0.2) is 23.5 Å². The molecule has 0 heterocycles. The second-order valence-corrected chi connectivity index (χ2v) is 9.72. The van der Waals surface area contributed by atoms with Crippen molar-refractivity contribution in [3.8, 4) is 6.07 Å². The molecule has 3 rings (SSSR count). The first-order chi connectivity index (χ1) is 14.4. The summed E-state index contributed by atoms with van der Waals surface area (Å²) in [5.74, 6) is 0.351. The summed E-state index contributed by atoms with van der Waals surface area (Å²) in [6, 6.07) is 19.7. The van der Waals surface area contributed by atoms with E-state index in [0.717, 1.165) is 44.2 Å². The van der Waals surface area contributed by atoms with Crippen molar-refractivity contribution in [2.45, 2.75) is 70.4 Å². The second-order valence-electron chi connectivity index (χ2n) is 8.91. The summed E-state index contributed by atoms with van der Waals surface area (Å²) >= 11 is 13.1. The summed E-state index contributed by atoms with van der Waals surface area (Å²) in [4.78, 5) is 2.55. The van der Waals surface area contributed by atoms with Crippen molar-refractivity contribution in [1.29, 1.82) is 5.26 Å². The fraction of sp³-hybridized carbons (Fsp3) is 0.500. The SMILES string of the molecule is CC(C)N(CCc1ccccc1)C(C)CCC(C#N)(c1c(Cl)cccc1Cl)C1CC1. The molecule has 4 heteroatoms. The quantitative estimate of drug-likeness (QED) is 0.386. The van der Waals surface area contributed by atoms with Gasteiger partial charge in [0.25, 0.3) is 0 Å². The van der Waals surface area contributed by atoms with Crippen LogP contribution in [0.5, 0.6) is 0 Å². The first-order valence-electron chi connectivity index (χ1n) is 11.0. The third kappa shape index (κ3) is 5.20. The van der Waals surface area contributed by atoms with Gasteiger partial charge in [-0.05, 0) is 76.5 Å². The van der Waals surface area contributed by atoms with Gasteiger partial charge in [0.15, 0.2) is 0 Å². The molecule has 2 atom stereocenters. The minimum Gasteiger partial charge on any atom is -0.298 e. The molecular weight excluding hydrogens is 411 g/mol. The van der Waals surface area contributed by atoms with Crippen molar-refractivity contribution < 1.29 is 0 Å². The molecule has 0 aromatic heterocycles. The van der Waals surface area contributed by atoms with E-state index in [-0.39, 0.29) is 0 Å². The Morgan fingerprint density at radius 1 is 1.03 bits per heavy atom. The Balaban J connectivity index is 1.75. The maximum absolute atomic E-state index is 10.3. The van der Waals surface area contributed by atoms with Gasteiger partial charge in [0.1, 0.15) is 0 Å². The number of nitriles is 1. The molecular formula is C26H32Cl2N2. The van der Waals surface area contributed by atoms with Gasteiger partial charge in [-0.15, -0.1) is 0 Å². The highest BCUT2D eigenvalue weighted by Gasteiger charge is 2.49. The normalized spacial score (nSPS) is 17.0. The van der Waals surface area contributed by atoms with Crippen LogP contribution in [0.4, 0.5) is 0 Å². The molecule has 1 fully saturated rings. The summed E-state index contributed by atoms with van der Waals surface area (Å²) in [6.45, 7) is 7.81. The van der Waals surface area contributed by atoms with Crippen molar-refractivity contribution in [3.05, 3.63) is 69.7 Å². The first kappa shape index (κ1) is 23.1. The summed E-state index contributed by atoms with van der Waals surface area (Å²) in [6.07, 6.45) is 4.91. The van der Waals surface area contributed by atoms with Crippen molar-refractivity contribution >= 4 is 23.2 Å². The Bertz CT molecular complexity index is 850. The summed E-state index contributed by atoms with van der Waals surface area (Å²) in [5.41, 5.74) is 1.61. The lowest BCUT2D eigenvalue weighted by Gasteiger charge is -2.36. The molecule has 0 saturated heterocycles. The summed E-state index contributed by atoms with van der Waals surface area (Å²) < 4.78 is 0. The predicted molar refractivity (Wildman–Crippen MR) is 127 cm³/mol. The highest BCUT2D eigenvalue weighted by atomic mass is 35.5. The topological polar surface area (TPSA) is 27.0 Å². The standard InChI is InChI=1S/C26H32Cl2N2/c1-19(2)30(17-15-21-8-5-4-6-9-21)20(3)14-16-26(18-29,22-12-13-22)25-23(27)10-7-11-24(25)28/h4-11,19-20,22H,12-17H2,1-3H3. The van der Waals surface area contributed by atoms with Crippen LogP contribution in [0.1, 0.15) is 57.6 Å². The zero-order valence-electron chi connectivity index (χ0n) is 18.2. The second kappa shape index (κ2) is 10.2. The van der Waals surface area contributed by atoms with Crippen LogP contribution in [0.25, 0.3) is 0 Å². The van der Waals surface area contributed by atoms with Crippen LogP contribution in [0, 0.1) is 17.2 Å². The fourth-order valence-electron chi connectivity index (χ4n) is 4.73. The van der Waals surface area contributed by atoms with E-state index in [2.05, 4.69) is 62.1 Å². The van der Waals surface area contributed by atoms with Crippen molar-refractivity contribution in [2.24, 2.45) is 5.92 Å². The molecule has 2 aromatic carbocycles. The van der Waals surface area contributed by atoms with E-state index in [1.807, 2.05) is 18.2 Å². The van der Waals surface area contributed by atoms with Crippen molar-refractivity contribution in [1.82, 2.24) is 4.90 Å². The first-order valence-corrected chi connectivity index (χ1v) is 11.8. The van der Waals surface area contributed by atoms with Gasteiger partial charge in [0.05, 0.1) is 11.5 Å². The number of rotatable bonds is 10. The Kier molecular flexibility index (Phi) is 7.86. The van der Waals surface area contributed by atoms with Crippen LogP contribution in [0.3, 0.4) is 0 Å². The molecule has 0 N–H and O–H groups in total. The molecule has 1 saturated carbocycles. The average Bonchev–Trinajstić information content (AvgIpc) is 3.57. The van der Waals surface area contributed by atoms with Gasteiger partial charge in [0, 0.05) is 34.2 Å². The van der Waals surface area contributed by atoms with E-state index >= 15 is 0 Å². The molecule has 1 aliphatic rings. The van der Waals surface area contributed by atoms with E-state index in [1.165, 1.54) is 5.56 Å². The molecule has 0 spiro atoms. The maximum atomic E-state index is 10.3. The third-order valence-electron chi connectivity index (χ3n) is 6.57. The minimum absolute atomic E-state index is 0.351.